The van der Waals surface area contributed by atoms with Crippen LogP contribution >= 0.6 is 11.6 Å². The Morgan fingerprint density at radius 2 is 2.08 bits per heavy atom. The number of carbonyl (C=O) groups is 1. The van der Waals surface area contributed by atoms with E-state index in [4.69, 9.17) is 16.0 Å². The quantitative estimate of drug-likeness (QED) is 0.226. The maximum absolute atomic E-state index is 12.5. The molecule has 0 amide bonds. The van der Waals surface area contributed by atoms with Gasteiger partial charge >= 0.3 is 11.6 Å². The summed E-state index contributed by atoms with van der Waals surface area (Å²) in [6.45, 7) is 1.34. The Hall–Kier alpha value is -3.46. The molecule has 0 N–H and O–H groups in total. The third-order valence-electron chi connectivity index (χ3n) is 3.65. The molecule has 0 bridgehead atoms. The van der Waals surface area contributed by atoms with Crippen LogP contribution in [0.3, 0.4) is 0 Å². The summed E-state index contributed by atoms with van der Waals surface area (Å²) < 4.78 is 5.70. The van der Waals surface area contributed by atoms with Crippen molar-refractivity contribution in [3.05, 3.63) is 78.8 Å². The highest BCUT2D eigenvalue weighted by Crippen LogP contribution is 2.20. The Bertz CT molecular complexity index is 1140. The summed E-state index contributed by atoms with van der Waals surface area (Å²) in [5.74, 6) is -1.19. The summed E-state index contributed by atoms with van der Waals surface area (Å²) in [6, 6.07) is 6.57. The van der Waals surface area contributed by atoms with Gasteiger partial charge in [-0.2, -0.15) is 0 Å². The molecule has 26 heavy (non-hydrogen) atoms. The summed E-state index contributed by atoms with van der Waals surface area (Å²) in [5, 5.41) is 23.1. The zero-order chi connectivity index (χ0) is 19.0. The van der Waals surface area contributed by atoms with E-state index < -0.39 is 16.6 Å². The van der Waals surface area contributed by atoms with E-state index in [2.05, 4.69) is 0 Å². The SMILES string of the molecule is Cc1c(C(=O)/C=C/c2ccc([N+](=O)[O-])o2)[n+](=O)c2cc(Cl)ccc2n1[O-]. The van der Waals surface area contributed by atoms with E-state index in [1.54, 1.807) is 0 Å². The molecule has 1 aromatic carbocycles. The first-order chi connectivity index (χ1) is 12.3. The molecule has 3 rings (SSSR count). The fourth-order valence-electron chi connectivity index (χ4n) is 2.42. The van der Waals surface area contributed by atoms with Crippen molar-refractivity contribution in [2.24, 2.45) is 0 Å². The van der Waals surface area contributed by atoms with Gasteiger partial charge in [0.2, 0.25) is 0 Å². The standard InChI is InChI=1S/C16H10ClN3O6/c1-9-16(14(21)6-3-11-4-7-15(26-11)20(24)25)19(23)13-8-10(17)2-5-12(13)18(9)22/h2-8H,1H3/b6-3+. The van der Waals surface area contributed by atoms with Gasteiger partial charge in [0.1, 0.15) is 16.2 Å². The third-order valence-corrected chi connectivity index (χ3v) is 3.89. The van der Waals surface area contributed by atoms with Crippen LogP contribution in [0.2, 0.25) is 5.02 Å². The Labute approximate surface area is 150 Å². The van der Waals surface area contributed by atoms with Gasteiger partial charge in [-0.3, -0.25) is 14.9 Å². The van der Waals surface area contributed by atoms with Crippen molar-refractivity contribution in [1.82, 2.24) is 4.73 Å². The number of fused-ring (bicyclic) bond motifs is 1. The van der Waals surface area contributed by atoms with Crippen molar-refractivity contribution >= 4 is 40.4 Å². The number of ketones is 1. The molecule has 0 saturated carbocycles. The number of halogens is 1. The van der Waals surface area contributed by atoms with Gasteiger partial charge in [-0.15, -0.1) is 0 Å². The summed E-state index contributed by atoms with van der Waals surface area (Å²) in [4.78, 5) is 34.8. The van der Waals surface area contributed by atoms with Crippen molar-refractivity contribution in [3.63, 3.8) is 0 Å². The molecule has 10 heteroatoms. The lowest BCUT2D eigenvalue weighted by Crippen LogP contribution is -2.29. The molecular weight excluding hydrogens is 366 g/mol. The number of nitro groups is 1. The number of carbonyl (C=O) groups excluding carboxylic acids is 1. The average molecular weight is 376 g/mol. The molecule has 9 nitrogen and oxygen atoms in total. The van der Waals surface area contributed by atoms with Crippen LogP contribution in [0.4, 0.5) is 5.88 Å². The van der Waals surface area contributed by atoms with Gasteiger partial charge in [-0.25, -0.2) is 0 Å². The molecule has 0 aliphatic rings. The molecule has 3 aromatic rings. The molecule has 2 aromatic heterocycles. The minimum absolute atomic E-state index is 0.0523. The van der Waals surface area contributed by atoms with Crippen LogP contribution in [-0.2, 0) is 0 Å². The van der Waals surface area contributed by atoms with Crippen LogP contribution in [0.25, 0.3) is 17.1 Å². The summed E-state index contributed by atoms with van der Waals surface area (Å²) in [7, 11) is 0. The number of rotatable bonds is 4. The lowest BCUT2D eigenvalue weighted by molar-refractivity contribution is -0.468. The van der Waals surface area contributed by atoms with Crippen molar-refractivity contribution in [2.75, 3.05) is 0 Å². The molecule has 0 saturated heterocycles. The molecule has 0 atom stereocenters. The molecule has 2 heterocycles. The molecule has 0 radical (unpaired) electrons. The van der Waals surface area contributed by atoms with Gasteiger partial charge in [0, 0.05) is 16.0 Å². The van der Waals surface area contributed by atoms with Gasteiger partial charge < -0.3 is 14.4 Å². The van der Waals surface area contributed by atoms with Gasteiger partial charge in [0.25, 0.3) is 11.3 Å². The van der Waals surface area contributed by atoms with Gasteiger partial charge in [-0.05, 0) is 37.3 Å². The van der Waals surface area contributed by atoms with E-state index >= 15 is 0 Å². The highest BCUT2D eigenvalue weighted by molar-refractivity contribution is 6.31. The van der Waals surface area contributed by atoms with E-state index in [0.717, 1.165) is 12.1 Å². The number of nitrogens with zero attached hydrogens (tertiary/aromatic N) is 3. The minimum Gasteiger partial charge on any atom is -0.805 e. The fourth-order valence-corrected chi connectivity index (χ4v) is 2.59. The van der Waals surface area contributed by atoms with Crippen LogP contribution < -0.4 is 4.43 Å². The minimum atomic E-state index is -0.761. The second kappa shape index (κ2) is 6.45. The van der Waals surface area contributed by atoms with E-state index in [9.17, 15) is 25.0 Å². The maximum atomic E-state index is 12.5. The molecule has 0 unspecified atom stereocenters. The lowest BCUT2D eigenvalue weighted by Gasteiger charge is -2.15. The van der Waals surface area contributed by atoms with E-state index in [0.29, 0.717) is 9.16 Å². The Morgan fingerprint density at radius 3 is 2.73 bits per heavy atom. The highest BCUT2D eigenvalue weighted by Gasteiger charge is 2.25. The zero-order valence-corrected chi connectivity index (χ0v) is 14.0. The fraction of sp³-hybridized carbons (Fsp3) is 0.0625. The number of allylic oxidation sites excluding steroid dienone is 1. The molecule has 0 aliphatic heterocycles. The lowest BCUT2D eigenvalue weighted by atomic mass is 10.2. The molecule has 132 valence electrons. The Morgan fingerprint density at radius 1 is 1.35 bits per heavy atom. The van der Waals surface area contributed by atoms with Gasteiger partial charge in [0.15, 0.2) is 0 Å². The van der Waals surface area contributed by atoms with Crippen LogP contribution in [-0.4, -0.2) is 15.4 Å². The van der Waals surface area contributed by atoms with Crippen molar-refractivity contribution in [1.29, 1.82) is 0 Å². The van der Waals surface area contributed by atoms with Crippen molar-refractivity contribution in [2.45, 2.75) is 6.92 Å². The number of benzene rings is 1. The summed E-state index contributed by atoms with van der Waals surface area (Å²) in [6.07, 6.45) is 2.17. The average Bonchev–Trinajstić information content (AvgIpc) is 3.07. The second-order valence-corrected chi connectivity index (χ2v) is 5.72. The predicted molar refractivity (Wildman–Crippen MR) is 92.5 cm³/mol. The van der Waals surface area contributed by atoms with E-state index in [1.165, 1.54) is 37.3 Å². The topological polar surface area (TPSA) is 124 Å². The predicted octanol–water partition coefficient (Wildman–Crippen LogP) is 3.26. The van der Waals surface area contributed by atoms with Crippen LogP contribution in [0.1, 0.15) is 21.9 Å². The zero-order valence-electron chi connectivity index (χ0n) is 13.2. The number of furan rings is 1. The van der Waals surface area contributed by atoms with E-state index in [-0.39, 0.29) is 33.2 Å². The molecule has 0 spiro atoms. The first-order valence-corrected chi connectivity index (χ1v) is 7.59. The number of aromatic nitrogens is 2. The first-order valence-electron chi connectivity index (χ1n) is 7.21. The maximum Gasteiger partial charge on any atom is 0.433 e. The number of hydrogen-bond donors (Lipinski definition) is 0. The summed E-state index contributed by atoms with van der Waals surface area (Å²) >= 11 is 5.85. The smallest absolute Gasteiger partial charge is 0.433 e. The molecular formula is C16H10ClN3O6. The molecule has 0 aliphatic carbocycles. The van der Waals surface area contributed by atoms with Crippen molar-refractivity contribution in [3.8, 4) is 0 Å². The summed E-state index contributed by atoms with van der Waals surface area (Å²) in [5.41, 5.74) is -0.449. The Kier molecular flexibility index (Phi) is 4.31. The second-order valence-electron chi connectivity index (χ2n) is 5.29. The number of hydrogen-bond acceptors (Lipinski definition) is 6. The van der Waals surface area contributed by atoms with Crippen LogP contribution in [0.5, 0.6) is 0 Å². The highest BCUT2D eigenvalue weighted by atomic mass is 35.5. The normalized spacial score (nSPS) is 11.3. The van der Waals surface area contributed by atoms with Gasteiger partial charge in [0.05, 0.1) is 16.2 Å². The van der Waals surface area contributed by atoms with E-state index in [1.807, 2.05) is 0 Å². The van der Waals surface area contributed by atoms with Crippen LogP contribution in [0.15, 0.2) is 40.8 Å². The van der Waals surface area contributed by atoms with Gasteiger partial charge in [-0.1, -0.05) is 11.6 Å². The molecule has 0 fully saturated rings. The monoisotopic (exact) mass is 375 g/mol. The Balaban J connectivity index is 2.06. The largest absolute Gasteiger partial charge is 0.805 e. The third kappa shape index (κ3) is 2.95. The van der Waals surface area contributed by atoms with Crippen molar-refractivity contribution < 1.29 is 18.6 Å². The first kappa shape index (κ1) is 17.4. The van der Waals surface area contributed by atoms with Crippen LogP contribution in [0, 0.1) is 27.2 Å².